The number of ether oxygens (including phenoxy) is 2. The lowest BCUT2D eigenvalue weighted by Gasteiger charge is -2.45. The monoisotopic (exact) mass is 225 g/mol. The molecule has 1 saturated heterocycles. The molecular formula is C13H23NO2. The number of morpholine rings is 1. The van der Waals surface area contributed by atoms with Crippen molar-refractivity contribution in [3.05, 3.63) is 11.6 Å². The van der Waals surface area contributed by atoms with E-state index in [9.17, 15) is 0 Å². The lowest BCUT2D eigenvalue weighted by molar-refractivity contribution is -0.0885. The Morgan fingerprint density at radius 2 is 2.31 bits per heavy atom. The molecule has 0 unspecified atom stereocenters. The van der Waals surface area contributed by atoms with Crippen molar-refractivity contribution in [1.29, 1.82) is 0 Å². The first-order valence-electron chi connectivity index (χ1n) is 6.20. The van der Waals surface area contributed by atoms with Gasteiger partial charge in [0, 0.05) is 18.6 Å². The zero-order valence-corrected chi connectivity index (χ0v) is 10.7. The molecule has 0 aromatic rings. The van der Waals surface area contributed by atoms with Crippen molar-refractivity contribution in [2.75, 3.05) is 32.9 Å². The average Bonchev–Trinajstić information content (AvgIpc) is 2.26. The minimum absolute atomic E-state index is 0.144. The molecule has 2 aliphatic heterocycles. The maximum atomic E-state index is 5.72. The minimum Gasteiger partial charge on any atom is -0.377 e. The van der Waals surface area contributed by atoms with Crippen LogP contribution in [0.25, 0.3) is 0 Å². The van der Waals surface area contributed by atoms with Gasteiger partial charge in [0.2, 0.25) is 0 Å². The Hall–Kier alpha value is -0.380. The third-order valence-electron chi connectivity index (χ3n) is 3.43. The Labute approximate surface area is 98.4 Å². The highest BCUT2D eigenvalue weighted by molar-refractivity contribution is 5.09. The summed E-state index contributed by atoms with van der Waals surface area (Å²) in [5.41, 5.74) is 1.57. The predicted molar refractivity (Wildman–Crippen MR) is 64.6 cm³/mol. The van der Waals surface area contributed by atoms with Gasteiger partial charge in [0.1, 0.15) is 0 Å². The Morgan fingerprint density at radius 1 is 1.50 bits per heavy atom. The zero-order valence-electron chi connectivity index (χ0n) is 10.7. The van der Waals surface area contributed by atoms with E-state index in [1.54, 1.807) is 0 Å². The summed E-state index contributed by atoms with van der Waals surface area (Å²) in [6.07, 6.45) is 3.74. The fourth-order valence-electron chi connectivity index (χ4n) is 2.29. The first-order valence-corrected chi connectivity index (χ1v) is 6.20. The fraction of sp³-hybridized carbons (Fsp3) is 0.846. The van der Waals surface area contributed by atoms with E-state index in [2.05, 4.69) is 31.7 Å². The van der Waals surface area contributed by atoms with Gasteiger partial charge in [-0.3, -0.25) is 4.90 Å². The van der Waals surface area contributed by atoms with Gasteiger partial charge >= 0.3 is 0 Å². The van der Waals surface area contributed by atoms with Crippen LogP contribution in [-0.4, -0.2) is 49.5 Å². The Bertz CT molecular complexity index is 273. The Morgan fingerprint density at radius 3 is 3.00 bits per heavy atom. The van der Waals surface area contributed by atoms with E-state index in [1.165, 1.54) is 5.57 Å². The highest BCUT2D eigenvalue weighted by atomic mass is 16.5. The zero-order chi connectivity index (χ0) is 11.6. The molecule has 1 fully saturated rings. The summed E-state index contributed by atoms with van der Waals surface area (Å²) in [5.74, 6) is 0. The summed E-state index contributed by atoms with van der Waals surface area (Å²) in [7, 11) is 0. The van der Waals surface area contributed by atoms with Gasteiger partial charge in [0.05, 0.1) is 25.9 Å². The third kappa shape index (κ3) is 2.84. The van der Waals surface area contributed by atoms with Crippen LogP contribution in [0.1, 0.15) is 27.2 Å². The molecule has 2 aliphatic rings. The molecule has 2 rings (SSSR count). The molecule has 0 bridgehead atoms. The van der Waals surface area contributed by atoms with Gasteiger partial charge in [0.25, 0.3) is 0 Å². The first-order chi connectivity index (χ1) is 7.58. The van der Waals surface area contributed by atoms with Crippen LogP contribution in [0, 0.1) is 0 Å². The molecule has 92 valence electrons. The van der Waals surface area contributed by atoms with Crippen LogP contribution in [-0.2, 0) is 9.47 Å². The molecule has 0 spiro atoms. The highest BCUT2D eigenvalue weighted by Crippen LogP contribution is 2.23. The summed E-state index contributed by atoms with van der Waals surface area (Å²) in [6.45, 7) is 11.2. The first kappa shape index (κ1) is 12.1. The second-order valence-electron chi connectivity index (χ2n) is 5.52. The molecule has 3 heteroatoms. The third-order valence-corrected chi connectivity index (χ3v) is 3.43. The van der Waals surface area contributed by atoms with E-state index in [0.717, 1.165) is 39.3 Å². The second kappa shape index (κ2) is 4.86. The number of hydrogen-bond acceptors (Lipinski definition) is 3. The summed E-state index contributed by atoms with van der Waals surface area (Å²) in [6, 6.07) is 0. The molecule has 0 aromatic carbocycles. The summed E-state index contributed by atoms with van der Waals surface area (Å²) >= 11 is 0. The van der Waals surface area contributed by atoms with Crippen LogP contribution in [0.2, 0.25) is 0 Å². The molecule has 0 radical (unpaired) electrons. The van der Waals surface area contributed by atoms with Gasteiger partial charge in [-0.2, -0.15) is 0 Å². The van der Waals surface area contributed by atoms with Crippen LogP contribution in [0.5, 0.6) is 0 Å². The van der Waals surface area contributed by atoms with Gasteiger partial charge in [-0.25, -0.2) is 0 Å². The van der Waals surface area contributed by atoms with Gasteiger partial charge in [-0.05, 0) is 32.8 Å². The SMILES string of the molecule is C[C@H]1CN(CC2=CCCOC2)C(C)(C)CO1. The Kier molecular flexibility index (Phi) is 3.67. The van der Waals surface area contributed by atoms with Crippen molar-refractivity contribution in [2.24, 2.45) is 0 Å². The molecule has 1 atom stereocenters. The van der Waals surface area contributed by atoms with Crippen molar-refractivity contribution in [3.8, 4) is 0 Å². The lowest BCUT2D eigenvalue weighted by Crippen LogP contribution is -2.56. The smallest absolute Gasteiger partial charge is 0.0689 e. The molecular weight excluding hydrogens is 202 g/mol. The molecule has 0 amide bonds. The maximum absolute atomic E-state index is 5.72. The largest absolute Gasteiger partial charge is 0.377 e. The van der Waals surface area contributed by atoms with E-state index in [1.807, 2.05) is 0 Å². The molecule has 16 heavy (non-hydrogen) atoms. The van der Waals surface area contributed by atoms with Crippen molar-refractivity contribution < 1.29 is 9.47 Å². The molecule has 0 aliphatic carbocycles. The van der Waals surface area contributed by atoms with Crippen LogP contribution in [0.4, 0.5) is 0 Å². The second-order valence-corrected chi connectivity index (χ2v) is 5.52. The summed E-state index contributed by atoms with van der Waals surface area (Å²) < 4.78 is 11.2. The van der Waals surface area contributed by atoms with Crippen LogP contribution < -0.4 is 0 Å². The van der Waals surface area contributed by atoms with Crippen molar-refractivity contribution in [1.82, 2.24) is 4.90 Å². The lowest BCUT2D eigenvalue weighted by atomic mass is 9.99. The summed E-state index contributed by atoms with van der Waals surface area (Å²) in [4.78, 5) is 2.52. The molecule has 3 nitrogen and oxygen atoms in total. The van der Waals surface area contributed by atoms with Gasteiger partial charge in [-0.1, -0.05) is 6.08 Å². The number of hydrogen-bond donors (Lipinski definition) is 0. The van der Waals surface area contributed by atoms with E-state index in [-0.39, 0.29) is 5.54 Å². The van der Waals surface area contributed by atoms with Crippen molar-refractivity contribution in [3.63, 3.8) is 0 Å². The molecule has 0 N–H and O–H groups in total. The van der Waals surface area contributed by atoms with E-state index in [4.69, 9.17) is 9.47 Å². The number of nitrogens with zero attached hydrogens (tertiary/aromatic N) is 1. The van der Waals surface area contributed by atoms with Crippen LogP contribution in [0.3, 0.4) is 0 Å². The normalized spacial score (nSPS) is 31.2. The van der Waals surface area contributed by atoms with E-state index >= 15 is 0 Å². The molecule has 0 aromatic heterocycles. The van der Waals surface area contributed by atoms with Gasteiger partial charge in [0.15, 0.2) is 0 Å². The predicted octanol–water partition coefficient (Wildman–Crippen LogP) is 1.83. The standard InChI is InChI=1S/C13H23NO2/c1-11-7-14(13(2,3)10-16-11)8-12-5-4-6-15-9-12/h5,11H,4,6-10H2,1-3H3/t11-/m0/s1. The minimum atomic E-state index is 0.144. The quantitative estimate of drug-likeness (QED) is 0.669. The maximum Gasteiger partial charge on any atom is 0.0689 e. The van der Waals surface area contributed by atoms with Crippen LogP contribution >= 0.6 is 0 Å². The fourth-order valence-corrected chi connectivity index (χ4v) is 2.29. The van der Waals surface area contributed by atoms with Gasteiger partial charge < -0.3 is 9.47 Å². The average molecular weight is 225 g/mol. The van der Waals surface area contributed by atoms with Crippen molar-refractivity contribution >= 4 is 0 Å². The Balaban J connectivity index is 1.98. The summed E-state index contributed by atoms with van der Waals surface area (Å²) in [5, 5.41) is 0. The topological polar surface area (TPSA) is 21.7 Å². The van der Waals surface area contributed by atoms with Crippen molar-refractivity contribution in [2.45, 2.75) is 38.8 Å². The van der Waals surface area contributed by atoms with Crippen LogP contribution in [0.15, 0.2) is 11.6 Å². The highest BCUT2D eigenvalue weighted by Gasteiger charge is 2.33. The van der Waals surface area contributed by atoms with Gasteiger partial charge in [-0.15, -0.1) is 0 Å². The molecule has 2 heterocycles. The van der Waals surface area contributed by atoms with E-state index < -0.39 is 0 Å². The molecule has 0 saturated carbocycles. The van der Waals surface area contributed by atoms with E-state index in [0.29, 0.717) is 6.10 Å². The number of rotatable bonds is 2.